The van der Waals surface area contributed by atoms with Crippen molar-refractivity contribution in [2.75, 3.05) is 18.4 Å². The molecule has 0 spiro atoms. The lowest BCUT2D eigenvalue weighted by atomic mass is 9.98. The monoisotopic (exact) mass is 320 g/mol. The van der Waals surface area contributed by atoms with Crippen LogP contribution in [0.4, 0.5) is 19.1 Å². The van der Waals surface area contributed by atoms with Crippen LogP contribution in [-0.4, -0.2) is 62.5 Å². The molecule has 22 heavy (non-hydrogen) atoms. The Kier molecular flexibility index (Phi) is 4.88. The summed E-state index contributed by atoms with van der Waals surface area (Å²) < 4.78 is 37.9. The van der Waals surface area contributed by atoms with Crippen LogP contribution in [0.15, 0.2) is 12.3 Å². The zero-order valence-corrected chi connectivity index (χ0v) is 12.2. The lowest BCUT2D eigenvalue weighted by Crippen LogP contribution is -2.59. The summed E-state index contributed by atoms with van der Waals surface area (Å²) in [6, 6.07) is 0.251. The number of aromatic nitrogens is 2. The van der Waals surface area contributed by atoms with E-state index in [2.05, 4.69) is 15.3 Å². The number of halogens is 3. The second kappa shape index (κ2) is 6.35. The number of β-amino-alcohol motifs (C(OH)–C–C–N with tert-alkyl or cyclic N) is 1. The van der Waals surface area contributed by atoms with E-state index in [9.17, 15) is 23.4 Å². The molecule has 0 saturated carbocycles. The second-order valence-corrected chi connectivity index (χ2v) is 5.62. The van der Waals surface area contributed by atoms with Crippen LogP contribution in [0.2, 0.25) is 0 Å². The molecule has 1 saturated heterocycles. The third kappa shape index (κ3) is 3.84. The van der Waals surface area contributed by atoms with Gasteiger partial charge in [0.2, 0.25) is 5.95 Å². The molecule has 9 heteroatoms. The average Bonchev–Trinajstić information content (AvgIpc) is 2.43. The Labute approximate surface area is 126 Å². The van der Waals surface area contributed by atoms with Gasteiger partial charge >= 0.3 is 6.18 Å². The van der Waals surface area contributed by atoms with E-state index in [0.29, 0.717) is 13.1 Å². The molecule has 1 fully saturated rings. The highest BCUT2D eigenvalue weighted by Crippen LogP contribution is 2.28. The summed E-state index contributed by atoms with van der Waals surface area (Å²) in [6.45, 7) is 4.54. The highest BCUT2D eigenvalue weighted by atomic mass is 19.4. The van der Waals surface area contributed by atoms with Crippen LogP contribution in [-0.2, 0) is 6.18 Å². The smallest absolute Gasteiger partial charge is 0.389 e. The fourth-order valence-corrected chi connectivity index (χ4v) is 2.36. The van der Waals surface area contributed by atoms with Crippen molar-refractivity contribution < 1.29 is 23.4 Å². The van der Waals surface area contributed by atoms with Crippen LogP contribution in [0.3, 0.4) is 0 Å². The van der Waals surface area contributed by atoms with Crippen LogP contribution in [0.5, 0.6) is 0 Å². The zero-order valence-electron chi connectivity index (χ0n) is 12.2. The predicted octanol–water partition coefficient (Wildman–Crippen LogP) is 0.722. The van der Waals surface area contributed by atoms with Gasteiger partial charge in [-0.1, -0.05) is 0 Å². The van der Waals surface area contributed by atoms with Crippen molar-refractivity contribution in [3.63, 3.8) is 0 Å². The predicted molar refractivity (Wildman–Crippen MR) is 73.2 cm³/mol. The molecule has 0 amide bonds. The van der Waals surface area contributed by atoms with Gasteiger partial charge < -0.3 is 15.5 Å². The number of alkyl halides is 3. The van der Waals surface area contributed by atoms with E-state index in [1.54, 1.807) is 0 Å². The fourth-order valence-electron chi connectivity index (χ4n) is 2.36. The molecule has 3 atom stereocenters. The molecule has 0 aromatic carbocycles. The molecule has 1 aliphatic heterocycles. The van der Waals surface area contributed by atoms with Crippen LogP contribution in [0.25, 0.3) is 0 Å². The van der Waals surface area contributed by atoms with E-state index < -0.39 is 30.1 Å². The molecule has 0 radical (unpaired) electrons. The van der Waals surface area contributed by atoms with E-state index >= 15 is 0 Å². The van der Waals surface area contributed by atoms with Crippen molar-refractivity contribution in [3.05, 3.63) is 18.0 Å². The summed E-state index contributed by atoms with van der Waals surface area (Å²) in [6.07, 6.45) is -5.65. The molecule has 3 N–H and O–H groups in total. The van der Waals surface area contributed by atoms with Crippen LogP contribution < -0.4 is 5.32 Å². The van der Waals surface area contributed by atoms with E-state index in [4.69, 9.17) is 0 Å². The van der Waals surface area contributed by atoms with Gasteiger partial charge in [-0.25, -0.2) is 9.97 Å². The Bertz CT molecular complexity index is 512. The summed E-state index contributed by atoms with van der Waals surface area (Å²) in [4.78, 5) is 9.07. The lowest BCUT2D eigenvalue weighted by molar-refractivity contribution is -0.141. The summed E-state index contributed by atoms with van der Waals surface area (Å²) in [7, 11) is 0. The molecular weight excluding hydrogens is 301 g/mol. The molecule has 2 heterocycles. The first-order chi connectivity index (χ1) is 10.2. The molecule has 124 valence electrons. The zero-order chi connectivity index (χ0) is 16.5. The van der Waals surface area contributed by atoms with Gasteiger partial charge in [0.05, 0.1) is 12.1 Å². The van der Waals surface area contributed by atoms with Gasteiger partial charge in [-0.2, -0.15) is 13.2 Å². The number of likely N-dealkylation sites (tertiary alicyclic amines) is 1. The molecule has 1 aromatic rings. The van der Waals surface area contributed by atoms with Crippen molar-refractivity contribution in [3.8, 4) is 0 Å². The number of aliphatic hydroxyl groups excluding tert-OH is 2. The minimum absolute atomic E-state index is 0.133. The first-order valence-corrected chi connectivity index (χ1v) is 6.95. The fraction of sp³-hybridized carbons (Fsp3) is 0.692. The Hall–Kier alpha value is -1.45. The van der Waals surface area contributed by atoms with E-state index in [1.807, 2.05) is 18.7 Å². The standard InChI is InChI=1S/C13H19F3N4O2/c1-7(2)20-5-8(11(22)9(21)6-20)18-12-17-4-3-10(19-12)13(14,15)16/h3-4,7-9,11,21-22H,5-6H2,1-2H3,(H,17,18,19)/t8-,9-,11+/m0/s1. The summed E-state index contributed by atoms with van der Waals surface area (Å²) >= 11 is 0. The van der Waals surface area contributed by atoms with E-state index in [-0.39, 0.29) is 12.0 Å². The molecular formula is C13H19F3N4O2. The van der Waals surface area contributed by atoms with Crippen molar-refractivity contribution in [2.45, 2.75) is 44.3 Å². The number of aliphatic hydroxyl groups is 2. The van der Waals surface area contributed by atoms with Crippen molar-refractivity contribution in [1.82, 2.24) is 14.9 Å². The number of nitrogens with zero attached hydrogens (tertiary/aromatic N) is 3. The number of hydrogen-bond acceptors (Lipinski definition) is 6. The number of nitrogens with one attached hydrogen (secondary N) is 1. The molecule has 6 nitrogen and oxygen atoms in total. The Morgan fingerprint density at radius 2 is 2.00 bits per heavy atom. The lowest BCUT2D eigenvalue weighted by Gasteiger charge is -2.41. The maximum absolute atomic E-state index is 12.6. The maximum atomic E-state index is 12.6. The average molecular weight is 320 g/mol. The van der Waals surface area contributed by atoms with Gasteiger partial charge in [-0.05, 0) is 19.9 Å². The highest BCUT2D eigenvalue weighted by molar-refractivity contribution is 5.29. The van der Waals surface area contributed by atoms with Crippen LogP contribution in [0.1, 0.15) is 19.5 Å². The van der Waals surface area contributed by atoms with Gasteiger partial charge in [-0.3, -0.25) is 4.90 Å². The van der Waals surface area contributed by atoms with Crippen LogP contribution in [0, 0.1) is 0 Å². The van der Waals surface area contributed by atoms with Crippen LogP contribution >= 0.6 is 0 Å². The molecule has 0 bridgehead atoms. The van der Waals surface area contributed by atoms with E-state index in [0.717, 1.165) is 12.3 Å². The maximum Gasteiger partial charge on any atom is 0.433 e. The van der Waals surface area contributed by atoms with Crippen molar-refractivity contribution in [2.24, 2.45) is 0 Å². The Balaban J connectivity index is 2.14. The normalized spacial score (nSPS) is 27.2. The summed E-state index contributed by atoms with van der Waals surface area (Å²) in [5, 5.41) is 22.6. The highest BCUT2D eigenvalue weighted by Gasteiger charge is 2.37. The second-order valence-electron chi connectivity index (χ2n) is 5.62. The topological polar surface area (TPSA) is 81.5 Å². The number of rotatable bonds is 3. The molecule has 1 aromatic heterocycles. The SMILES string of the molecule is CC(C)N1C[C@H](Nc2nccc(C(F)(F)F)n2)[C@@H](O)[C@@H](O)C1. The van der Waals surface area contributed by atoms with Gasteiger partial charge in [0.25, 0.3) is 0 Å². The first-order valence-electron chi connectivity index (χ1n) is 6.95. The van der Waals surface area contributed by atoms with Gasteiger partial charge in [0, 0.05) is 25.3 Å². The van der Waals surface area contributed by atoms with Crippen molar-refractivity contribution in [1.29, 1.82) is 0 Å². The third-order valence-electron chi connectivity index (χ3n) is 3.65. The van der Waals surface area contributed by atoms with Crippen molar-refractivity contribution >= 4 is 5.95 Å². The molecule has 0 unspecified atom stereocenters. The quantitative estimate of drug-likeness (QED) is 0.761. The molecule has 2 rings (SSSR count). The number of hydrogen-bond donors (Lipinski definition) is 3. The number of piperidine rings is 1. The third-order valence-corrected chi connectivity index (χ3v) is 3.65. The van der Waals surface area contributed by atoms with Gasteiger partial charge in [-0.15, -0.1) is 0 Å². The number of anilines is 1. The van der Waals surface area contributed by atoms with Gasteiger partial charge in [0.15, 0.2) is 0 Å². The van der Waals surface area contributed by atoms with Gasteiger partial charge in [0.1, 0.15) is 11.8 Å². The molecule has 1 aliphatic rings. The minimum Gasteiger partial charge on any atom is -0.389 e. The minimum atomic E-state index is -4.56. The summed E-state index contributed by atoms with van der Waals surface area (Å²) in [5.41, 5.74) is -1.06. The Morgan fingerprint density at radius 3 is 2.59 bits per heavy atom. The summed E-state index contributed by atoms with van der Waals surface area (Å²) in [5.74, 6) is -0.225. The first kappa shape index (κ1) is 16.9. The largest absolute Gasteiger partial charge is 0.433 e. The Morgan fingerprint density at radius 1 is 1.32 bits per heavy atom. The van der Waals surface area contributed by atoms with E-state index in [1.165, 1.54) is 0 Å². The molecule has 0 aliphatic carbocycles.